The summed E-state index contributed by atoms with van der Waals surface area (Å²) in [7, 11) is 0. The molecule has 0 bridgehead atoms. The van der Waals surface area contributed by atoms with Gasteiger partial charge in [-0.3, -0.25) is 9.69 Å². The SMILES string of the molecule is CCN1C(=O)/C(=C\c2ccccc2OCc2ccccc2Cl)SC1=S. The zero-order chi connectivity index (χ0) is 17.8. The number of rotatable bonds is 5. The molecule has 2 aromatic carbocycles. The Kier molecular flexibility index (Phi) is 5.78. The monoisotopic (exact) mass is 389 g/mol. The first kappa shape index (κ1) is 18.0. The van der Waals surface area contributed by atoms with Crippen LogP contribution in [0.25, 0.3) is 6.08 Å². The minimum Gasteiger partial charge on any atom is -0.488 e. The molecule has 0 aliphatic carbocycles. The minimum atomic E-state index is -0.0570. The molecule has 3 nitrogen and oxygen atoms in total. The van der Waals surface area contributed by atoms with Crippen LogP contribution in [-0.4, -0.2) is 21.7 Å². The van der Waals surface area contributed by atoms with E-state index in [1.54, 1.807) is 4.90 Å². The van der Waals surface area contributed by atoms with Crippen LogP contribution < -0.4 is 4.74 Å². The normalized spacial score (nSPS) is 15.9. The van der Waals surface area contributed by atoms with Crippen molar-refractivity contribution in [3.05, 3.63) is 69.6 Å². The van der Waals surface area contributed by atoms with Gasteiger partial charge in [0.1, 0.15) is 16.7 Å². The minimum absolute atomic E-state index is 0.0570. The number of thioether (sulfide) groups is 1. The standard InChI is InChI=1S/C19H16ClNO2S2/c1-2-21-18(22)17(25-19(21)24)11-13-7-4-6-10-16(13)23-12-14-8-3-5-9-15(14)20/h3-11H,2,12H2,1H3/b17-11+. The van der Waals surface area contributed by atoms with E-state index in [0.717, 1.165) is 11.1 Å². The van der Waals surface area contributed by atoms with Gasteiger partial charge in [-0.25, -0.2) is 0 Å². The van der Waals surface area contributed by atoms with E-state index < -0.39 is 0 Å². The van der Waals surface area contributed by atoms with Crippen molar-refractivity contribution in [1.29, 1.82) is 0 Å². The maximum Gasteiger partial charge on any atom is 0.266 e. The van der Waals surface area contributed by atoms with Gasteiger partial charge in [-0.05, 0) is 25.1 Å². The van der Waals surface area contributed by atoms with Crippen LogP contribution in [0.1, 0.15) is 18.1 Å². The average Bonchev–Trinajstić information content (AvgIpc) is 2.88. The molecule has 1 amide bonds. The Hall–Kier alpha value is -1.82. The van der Waals surface area contributed by atoms with Crippen molar-refractivity contribution in [1.82, 2.24) is 4.90 Å². The number of hydrogen-bond acceptors (Lipinski definition) is 4. The predicted octanol–water partition coefficient (Wildman–Crippen LogP) is 5.14. The van der Waals surface area contributed by atoms with Crippen LogP contribution in [0.15, 0.2) is 53.4 Å². The highest BCUT2D eigenvalue weighted by molar-refractivity contribution is 8.26. The van der Waals surface area contributed by atoms with Crippen molar-refractivity contribution in [2.24, 2.45) is 0 Å². The van der Waals surface area contributed by atoms with Crippen molar-refractivity contribution >= 4 is 51.9 Å². The van der Waals surface area contributed by atoms with Gasteiger partial charge in [0.25, 0.3) is 5.91 Å². The Bertz CT molecular complexity index is 851. The molecule has 6 heteroatoms. The summed E-state index contributed by atoms with van der Waals surface area (Å²) in [6, 6.07) is 15.2. The Balaban J connectivity index is 1.82. The fourth-order valence-corrected chi connectivity index (χ4v) is 3.98. The number of thiocarbonyl (C=S) groups is 1. The van der Waals surface area contributed by atoms with Gasteiger partial charge in [0, 0.05) is 22.7 Å². The molecule has 0 N–H and O–H groups in total. The molecule has 3 rings (SSSR count). The number of carbonyl (C=O) groups excluding carboxylic acids is 1. The first-order valence-electron chi connectivity index (χ1n) is 7.80. The van der Waals surface area contributed by atoms with E-state index in [0.29, 0.717) is 33.1 Å². The lowest BCUT2D eigenvalue weighted by atomic mass is 10.1. The molecule has 1 saturated heterocycles. The Labute approximate surface area is 161 Å². The summed E-state index contributed by atoms with van der Waals surface area (Å²) in [5.74, 6) is 0.641. The molecule has 1 aliphatic heterocycles. The third-order valence-electron chi connectivity index (χ3n) is 3.74. The van der Waals surface area contributed by atoms with Gasteiger partial charge >= 0.3 is 0 Å². The van der Waals surface area contributed by atoms with Crippen molar-refractivity contribution in [3.63, 3.8) is 0 Å². The fourth-order valence-electron chi connectivity index (χ4n) is 2.42. The largest absolute Gasteiger partial charge is 0.488 e. The molecule has 128 valence electrons. The predicted molar refractivity (Wildman–Crippen MR) is 108 cm³/mol. The van der Waals surface area contributed by atoms with Crippen LogP contribution in [0.2, 0.25) is 5.02 Å². The molecule has 1 heterocycles. The molecule has 0 spiro atoms. The van der Waals surface area contributed by atoms with Gasteiger partial charge in [-0.1, -0.05) is 72.0 Å². The molecule has 0 aromatic heterocycles. The third-order valence-corrected chi connectivity index (χ3v) is 5.48. The molecule has 0 unspecified atom stereocenters. The van der Waals surface area contributed by atoms with E-state index >= 15 is 0 Å². The lowest BCUT2D eigenvalue weighted by molar-refractivity contribution is -0.121. The second kappa shape index (κ2) is 8.04. The number of carbonyl (C=O) groups is 1. The number of benzene rings is 2. The topological polar surface area (TPSA) is 29.5 Å². The zero-order valence-electron chi connectivity index (χ0n) is 13.6. The third kappa shape index (κ3) is 4.06. The van der Waals surface area contributed by atoms with Gasteiger partial charge in [0.15, 0.2) is 0 Å². The lowest BCUT2D eigenvalue weighted by Gasteiger charge is -2.11. The van der Waals surface area contributed by atoms with E-state index in [1.165, 1.54) is 11.8 Å². The van der Waals surface area contributed by atoms with Crippen LogP contribution in [0.4, 0.5) is 0 Å². The van der Waals surface area contributed by atoms with Crippen molar-refractivity contribution in [2.45, 2.75) is 13.5 Å². The van der Waals surface area contributed by atoms with E-state index in [9.17, 15) is 4.79 Å². The van der Waals surface area contributed by atoms with Gasteiger partial charge in [0.2, 0.25) is 0 Å². The highest BCUT2D eigenvalue weighted by Crippen LogP contribution is 2.34. The Morgan fingerprint density at radius 2 is 1.92 bits per heavy atom. The smallest absolute Gasteiger partial charge is 0.266 e. The summed E-state index contributed by atoms with van der Waals surface area (Å²) in [5.41, 5.74) is 1.75. The summed E-state index contributed by atoms with van der Waals surface area (Å²) in [6.45, 7) is 2.85. The summed E-state index contributed by atoms with van der Waals surface area (Å²) in [4.78, 5) is 14.6. The summed E-state index contributed by atoms with van der Waals surface area (Å²) >= 11 is 12.7. The Morgan fingerprint density at radius 1 is 1.20 bits per heavy atom. The second-order valence-electron chi connectivity index (χ2n) is 5.34. The molecular weight excluding hydrogens is 374 g/mol. The van der Waals surface area contributed by atoms with Gasteiger partial charge in [0.05, 0.1) is 4.91 Å². The van der Waals surface area contributed by atoms with Crippen molar-refractivity contribution < 1.29 is 9.53 Å². The van der Waals surface area contributed by atoms with Crippen LogP contribution in [0.3, 0.4) is 0 Å². The van der Waals surface area contributed by atoms with Crippen LogP contribution in [0.5, 0.6) is 5.75 Å². The number of ether oxygens (including phenoxy) is 1. The molecule has 0 atom stereocenters. The van der Waals surface area contributed by atoms with Gasteiger partial charge in [-0.15, -0.1) is 0 Å². The number of halogens is 1. The molecule has 1 aliphatic rings. The maximum absolute atomic E-state index is 12.4. The number of para-hydroxylation sites is 1. The van der Waals surface area contributed by atoms with Gasteiger partial charge < -0.3 is 4.74 Å². The molecule has 25 heavy (non-hydrogen) atoms. The van der Waals surface area contributed by atoms with Gasteiger partial charge in [-0.2, -0.15) is 0 Å². The number of likely N-dealkylation sites (N-methyl/N-ethyl adjacent to an activating group) is 1. The Morgan fingerprint density at radius 3 is 2.64 bits per heavy atom. The number of amides is 1. The first-order valence-corrected chi connectivity index (χ1v) is 9.41. The van der Waals surface area contributed by atoms with E-state index in [4.69, 9.17) is 28.6 Å². The number of nitrogens with zero attached hydrogens (tertiary/aromatic N) is 1. The highest BCUT2D eigenvalue weighted by atomic mass is 35.5. The zero-order valence-corrected chi connectivity index (χ0v) is 16.0. The molecular formula is C19H16ClNO2S2. The second-order valence-corrected chi connectivity index (χ2v) is 7.43. The number of hydrogen-bond donors (Lipinski definition) is 0. The van der Waals surface area contributed by atoms with Crippen molar-refractivity contribution in [2.75, 3.05) is 6.54 Å². The van der Waals surface area contributed by atoms with Crippen LogP contribution in [0, 0.1) is 0 Å². The van der Waals surface area contributed by atoms with Crippen molar-refractivity contribution in [3.8, 4) is 5.75 Å². The fraction of sp³-hybridized carbons (Fsp3) is 0.158. The maximum atomic E-state index is 12.4. The summed E-state index contributed by atoms with van der Waals surface area (Å²) < 4.78 is 6.52. The molecule has 0 radical (unpaired) electrons. The van der Waals surface area contributed by atoms with E-state index in [1.807, 2.05) is 61.5 Å². The van der Waals surface area contributed by atoms with E-state index in [2.05, 4.69) is 0 Å². The van der Waals surface area contributed by atoms with Crippen LogP contribution >= 0.6 is 35.6 Å². The molecule has 1 fully saturated rings. The first-order chi connectivity index (χ1) is 12.1. The quantitative estimate of drug-likeness (QED) is 0.523. The lowest BCUT2D eigenvalue weighted by Crippen LogP contribution is -2.27. The van der Waals surface area contributed by atoms with E-state index in [-0.39, 0.29) is 5.91 Å². The molecule has 2 aromatic rings. The summed E-state index contributed by atoms with van der Waals surface area (Å²) in [5, 5.41) is 0.670. The molecule has 0 saturated carbocycles. The average molecular weight is 390 g/mol. The summed E-state index contributed by atoms with van der Waals surface area (Å²) in [6.07, 6.45) is 1.83. The van der Waals surface area contributed by atoms with Crippen LogP contribution in [-0.2, 0) is 11.4 Å². The highest BCUT2D eigenvalue weighted by Gasteiger charge is 2.30.